The van der Waals surface area contributed by atoms with E-state index >= 15 is 0 Å². The SMILES string of the molecule is COc1ccc(C2CC(C(=O)NCCOCCOCCOCCOCCOCCNC=O)CN(C(=O)/C(C#N)=C/C(C)(C)CN3CCOCC3)C2)cc1. The third kappa shape index (κ3) is 17.4. The zero-order valence-corrected chi connectivity index (χ0v) is 31.7. The van der Waals surface area contributed by atoms with Crippen molar-refractivity contribution in [1.29, 1.82) is 5.26 Å². The molecule has 2 heterocycles. The van der Waals surface area contributed by atoms with Gasteiger partial charge in [0.15, 0.2) is 0 Å². The number of rotatable bonds is 26. The summed E-state index contributed by atoms with van der Waals surface area (Å²) in [6, 6.07) is 9.84. The van der Waals surface area contributed by atoms with Gasteiger partial charge < -0.3 is 48.7 Å². The van der Waals surface area contributed by atoms with Gasteiger partial charge in [-0.2, -0.15) is 5.26 Å². The molecule has 1 aromatic rings. The lowest BCUT2D eigenvalue weighted by molar-refractivity contribution is -0.133. The number of nitrogens with one attached hydrogen (secondary N) is 2. The van der Waals surface area contributed by atoms with Crippen LogP contribution in [0.3, 0.4) is 0 Å². The van der Waals surface area contributed by atoms with Crippen LogP contribution < -0.4 is 15.4 Å². The summed E-state index contributed by atoms with van der Waals surface area (Å²) in [5.41, 5.74) is 0.679. The van der Waals surface area contributed by atoms with Crippen molar-refractivity contribution in [3.8, 4) is 11.8 Å². The fourth-order valence-electron chi connectivity index (χ4n) is 6.22. The molecule has 15 heteroatoms. The van der Waals surface area contributed by atoms with Crippen molar-refractivity contribution in [1.82, 2.24) is 20.4 Å². The lowest BCUT2D eigenvalue weighted by Crippen LogP contribution is -2.49. The number of methoxy groups -OCH3 is 1. The van der Waals surface area contributed by atoms with Crippen LogP contribution in [0.4, 0.5) is 0 Å². The molecule has 2 atom stereocenters. The number of ether oxygens (including phenoxy) is 7. The molecule has 0 saturated carbocycles. The smallest absolute Gasteiger partial charge is 0.264 e. The van der Waals surface area contributed by atoms with E-state index in [0.29, 0.717) is 118 Å². The van der Waals surface area contributed by atoms with E-state index in [1.165, 1.54) is 0 Å². The Labute approximate surface area is 314 Å². The average Bonchev–Trinajstić information content (AvgIpc) is 3.17. The van der Waals surface area contributed by atoms with Gasteiger partial charge in [0.25, 0.3) is 5.91 Å². The number of carbonyl (C=O) groups is 3. The predicted octanol–water partition coefficient (Wildman–Crippen LogP) is 1.38. The average molecular weight is 746 g/mol. The fourth-order valence-corrected chi connectivity index (χ4v) is 6.22. The molecule has 0 aromatic heterocycles. The molecule has 2 saturated heterocycles. The summed E-state index contributed by atoms with van der Waals surface area (Å²) >= 11 is 0. The minimum Gasteiger partial charge on any atom is -0.497 e. The van der Waals surface area contributed by atoms with Crippen LogP contribution in [0.25, 0.3) is 0 Å². The van der Waals surface area contributed by atoms with E-state index in [1.54, 1.807) is 18.1 Å². The molecular weight excluding hydrogens is 686 g/mol. The van der Waals surface area contributed by atoms with Crippen LogP contribution in [-0.2, 0) is 42.8 Å². The maximum atomic E-state index is 13.9. The van der Waals surface area contributed by atoms with Crippen molar-refractivity contribution >= 4 is 18.2 Å². The first-order valence-electron chi connectivity index (χ1n) is 18.5. The number of hydrogen-bond donors (Lipinski definition) is 2. The molecule has 1 aromatic carbocycles. The van der Waals surface area contributed by atoms with E-state index in [2.05, 4.69) is 21.6 Å². The Morgan fingerprint density at radius 2 is 1.45 bits per heavy atom. The van der Waals surface area contributed by atoms with Crippen molar-refractivity contribution in [2.24, 2.45) is 11.3 Å². The highest BCUT2D eigenvalue weighted by atomic mass is 16.6. The molecule has 0 bridgehead atoms. The normalized spacial score (nSPS) is 18.3. The highest BCUT2D eigenvalue weighted by molar-refractivity contribution is 5.97. The number of hydrogen-bond acceptors (Lipinski definition) is 12. The Hall–Kier alpha value is -3.62. The Balaban J connectivity index is 1.40. The van der Waals surface area contributed by atoms with Gasteiger partial charge in [0.1, 0.15) is 17.4 Å². The third-order valence-corrected chi connectivity index (χ3v) is 8.82. The largest absolute Gasteiger partial charge is 0.497 e. The van der Waals surface area contributed by atoms with Crippen LogP contribution in [0, 0.1) is 22.7 Å². The van der Waals surface area contributed by atoms with Crippen LogP contribution in [0.5, 0.6) is 5.75 Å². The molecule has 0 radical (unpaired) electrons. The van der Waals surface area contributed by atoms with E-state index in [4.69, 9.17) is 33.2 Å². The predicted molar refractivity (Wildman–Crippen MR) is 196 cm³/mol. The van der Waals surface area contributed by atoms with E-state index in [1.807, 2.05) is 38.1 Å². The Bertz CT molecular complexity index is 1280. The minimum absolute atomic E-state index is 0.0911. The highest BCUT2D eigenvalue weighted by Gasteiger charge is 2.36. The van der Waals surface area contributed by atoms with Crippen LogP contribution >= 0.6 is 0 Å². The molecule has 53 heavy (non-hydrogen) atoms. The molecule has 2 unspecified atom stereocenters. The molecule has 3 amide bonds. The summed E-state index contributed by atoms with van der Waals surface area (Å²) in [5.74, 6) is -0.339. The minimum atomic E-state index is -0.458. The first kappa shape index (κ1) is 43.8. The van der Waals surface area contributed by atoms with Gasteiger partial charge in [0.05, 0.1) is 92.3 Å². The standard InChI is InChI=1S/C38H59N5O10/c1-38(2,29-42-10-14-50-15-11-42)25-34(26-39)37(46)43-27-32(31-4-6-35(47-3)7-5-31)24-33(28-43)36(45)41-9-13-49-17-19-52-21-23-53-22-20-51-18-16-48-12-8-40-30-44/h4-7,25,30,32-33H,8-24,27-29H2,1-3H3,(H,40,44)(H,41,45)/b34-25+. The van der Waals surface area contributed by atoms with E-state index in [9.17, 15) is 19.6 Å². The number of nitriles is 1. The van der Waals surface area contributed by atoms with Crippen molar-refractivity contribution < 1.29 is 47.5 Å². The number of amides is 3. The van der Waals surface area contributed by atoms with Crippen molar-refractivity contribution in [3.63, 3.8) is 0 Å². The molecule has 0 aliphatic carbocycles. The quantitative estimate of drug-likeness (QED) is 0.0606. The Kier molecular flexibility index (Phi) is 21.0. The fraction of sp³-hybridized carbons (Fsp3) is 0.684. The molecule has 15 nitrogen and oxygen atoms in total. The van der Waals surface area contributed by atoms with Crippen LogP contribution in [-0.4, -0.2) is 160 Å². The van der Waals surface area contributed by atoms with Crippen LogP contribution in [0.2, 0.25) is 0 Å². The lowest BCUT2D eigenvalue weighted by Gasteiger charge is -2.38. The molecule has 2 N–H and O–H groups in total. The summed E-state index contributed by atoms with van der Waals surface area (Å²) in [4.78, 5) is 41.4. The zero-order chi connectivity index (χ0) is 38.2. The number of likely N-dealkylation sites (tertiary alicyclic amines) is 1. The maximum absolute atomic E-state index is 13.9. The Morgan fingerprint density at radius 1 is 0.887 bits per heavy atom. The van der Waals surface area contributed by atoms with Crippen LogP contribution in [0.15, 0.2) is 35.9 Å². The van der Waals surface area contributed by atoms with Gasteiger partial charge in [-0.3, -0.25) is 19.3 Å². The molecule has 2 aliphatic heterocycles. The molecule has 296 valence electrons. The van der Waals surface area contributed by atoms with Gasteiger partial charge in [0, 0.05) is 51.7 Å². The number of benzene rings is 1. The summed E-state index contributed by atoms with van der Waals surface area (Å²) in [6.07, 6.45) is 2.98. The van der Waals surface area contributed by atoms with Gasteiger partial charge in [-0.25, -0.2) is 0 Å². The van der Waals surface area contributed by atoms with Crippen molar-refractivity contribution in [2.45, 2.75) is 26.2 Å². The molecule has 3 rings (SSSR count). The Morgan fingerprint density at radius 3 is 2.00 bits per heavy atom. The number of nitrogens with zero attached hydrogens (tertiary/aromatic N) is 3. The van der Waals surface area contributed by atoms with Crippen molar-refractivity contribution in [3.05, 3.63) is 41.5 Å². The first-order valence-corrected chi connectivity index (χ1v) is 18.5. The maximum Gasteiger partial charge on any atom is 0.264 e. The van der Waals surface area contributed by atoms with E-state index in [-0.39, 0.29) is 29.9 Å². The van der Waals surface area contributed by atoms with Crippen molar-refractivity contribution in [2.75, 3.05) is 132 Å². The number of piperidine rings is 1. The highest BCUT2D eigenvalue weighted by Crippen LogP contribution is 2.33. The second-order valence-corrected chi connectivity index (χ2v) is 13.6. The zero-order valence-electron chi connectivity index (χ0n) is 31.7. The third-order valence-electron chi connectivity index (χ3n) is 8.82. The number of morpholine rings is 1. The molecule has 2 aliphatic rings. The second kappa shape index (κ2) is 25.4. The summed E-state index contributed by atoms with van der Waals surface area (Å²) in [7, 11) is 1.61. The topological polar surface area (TPSA) is 170 Å². The monoisotopic (exact) mass is 745 g/mol. The first-order chi connectivity index (χ1) is 25.8. The van der Waals surface area contributed by atoms with Gasteiger partial charge in [-0.05, 0) is 29.5 Å². The van der Waals surface area contributed by atoms with Gasteiger partial charge in [-0.1, -0.05) is 32.1 Å². The summed E-state index contributed by atoms with van der Waals surface area (Å²) in [6.45, 7) is 13.4. The molecule has 2 fully saturated rings. The molecule has 0 spiro atoms. The summed E-state index contributed by atoms with van der Waals surface area (Å²) in [5, 5.41) is 15.6. The molecular formula is C38H59N5O10. The summed E-state index contributed by atoms with van der Waals surface area (Å²) < 4.78 is 38.1. The van der Waals surface area contributed by atoms with Gasteiger partial charge in [-0.15, -0.1) is 0 Å². The van der Waals surface area contributed by atoms with E-state index < -0.39 is 11.3 Å². The van der Waals surface area contributed by atoms with Gasteiger partial charge in [0.2, 0.25) is 12.3 Å². The number of carbonyl (C=O) groups excluding carboxylic acids is 3. The van der Waals surface area contributed by atoms with E-state index in [0.717, 1.165) is 24.4 Å². The second-order valence-electron chi connectivity index (χ2n) is 13.6. The van der Waals surface area contributed by atoms with Gasteiger partial charge >= 0.3 is 0 Å². The lowest BCUT2D eigenvalue weighted by atomic mass is 9.83. The van der Waals surface area contributed by atoms with Crippen LogP contribution in [0.1, 0.15) is 31.7 Å².